The van der Waals surface area contributed by atoms with E-state index in [-0.39, 0.29) is 11.8 Å². The monoisotopic (exact) mass is 379 g/mol. The molecule has 1 saturated carbocycles. The van der Waals surface area contributed by atoms with Gasteiger partial charge in [0.05, 0.1) is 6.54 Å². The molecule has 3 rings (SSSR count). The first-order valence-electron chi connectivity index (χ1n) is 10.6. The van der Waals surface area contributed by atoms with E-state index < -0.39 is 11.4 Å². The number of nitrogens with zero attached hydrogens (tertiary/aromatic N) is 3. The molecule has 1 aliphatic carbocycles. The fraction of sp³-hybridized carbons (Fsp3) is 0.850. The first-order valence-corrected chi connectivity index (χ1v) is 10.6. The van der Waals surface area contributed by atoms with Crippen LogP contribution in [0.25, 0.3) is 0 Å². The van der Waals surface area contributed by atoms with Crippen LogP contribution in [0, 0.1) is 5.41 Å². The molecule has 0 bridgehead atoms. The first-order chi connectivity index (χ1) is 13.0. The summed E-state index contributed by atoms with van der Waals surface area (Å²) in [4.78, 5) is 43.5. The zero-order valence-electron chi connectivity index (χ0n) is 16.3. The van der Waals surface area contributed by atoms with Gasteiger partial charge in [0.25, 0.3) is 0 Å². The second-order valence-corrected chi connectivity index (χ2v) is 8.31. The van der Waals surface area contributed by atoms with Gasteiger partial charge in [0, 0.05) is 39.3 Å². The van der Waals surface area contributed by atoms with Crippen LogP contribution in [0.4, 0.5) is 0 Å². The molecule has 3 fully saturated rings. The fourth-order valence-corrected chi connectivity index (χ4v) is 4.74. The van der Waals surface area contributed by atoms with Crippen LogP contribution in [0.3, 0.4) is 0 Å². The van der Waals surface area contributed by atoms with Crippen LogP contribution in [0.1, 0.15) is 57.8 Å². The lowest BCUT2D eigenvalue weighted by molar-refractivity contribution is -0.162. The Balaban J connectivity index is 1.59. The summed E-state index contributed by atoms with van der Waals surface area (Å²) in [5.74, 6) is -0.984. The summed E-state index contributed by atoms with van der Waals surface area (Å²) < 4.78 is 0. The average Bonchev–Trinajstić information content (AvgIpc) is 2.94. The maximum Gasteiger partial charge on any atom is 0.319 e. The molecule has 0 unspecified atom stereocenters. The van der Waals surface area contributed by atoms with E-state index in [9.17, 15) is 19.5 Å². The van der Waals surface area contributed by atoms with Gasteiger partial charge in [0.1, 0.15) is 5.41 Å². The van der Waals surface area contributed by atoms with Crippen LogP contribution < -0.4 is 0 Å². The molecule has 7 heteroatoms. The summed E-state index contributed by atoms with van der Waals surface area (Å²) in [6.07, 6.45) is 7.50. The zero-order valence-corrected chi connectivity index (χ0v) is 16.3. The van der Waals surface area contributed by atoms with E-state index in [1.54, 1.807) is 4.90 Å². The van der Waals surface area contributed by atoms with Crippen molar-refractivity contribution in [1.82, 2.24) is 14.7 Å². The topological polar surface area (TPSA) is 81.2 Å². The minimum Gasteiger partial charge on any atom is -0.480 e. The number of carboxylic acid groups (broad SMARTS) is 1. The number of aliphatic carboxylic acids is 1. The lowest BCUT2D eigenvalue weighted by Crippen LogP contribution is -2.49. The van der Waals surface area contributed by atoms with Crippen LogP contribution in [-0.2, 0) is 14.4 Å². The highest BCUT2D eigenvalue weighted by Crippen LogP contribution is 2.37. The van der Waals surface area contributed by atoms with Gasteiger partial charge in [-0.1, -0.05) is 25.7 Å². The Hall–Kier alpha value is -1.63. The molecule has 3 aliphatic rings. The summed E-state index contributed by atoms with van der Waals surface area (Å²) in [6, 6.07) is 0. The second kappa shape index (κ2) is 9.04. The number of rotatable bonds is 4. The molecule has 0 aromatic carbocycles. The third-order valence-corrected chi connectivity index (χ3v) is 6.47. The lowest BCUT2D eigenvalue weighted by Gasteiger charge is -2.33. The minimum absolute atomic E-state index is 0.179. The summed E-state index contributed by atoms with van der Waals surface area (Å²) >= 11 is 0. The predicted octanol–water partition coefficient (Wildman–Crippen LogP) is 1.57. The van der Waals surface area contributed by atoms with E-state index in [1.165, 1.54) is 0 Å². The highest BCUT2D eigenvalue weighted by Gasteiger charge is 2.48. The molecule has 0 aromatic rings. The molecule has 0 spiro atoms. The highest BCUT2D eigenvalue weighted by molar-refractivity contribution is 6.02. The van der Waals surface area contributed by atoms with Crippen molar-refractivity contribution < 1.29 is 19.5 Å². The molecule has 2 amide bonds. The maximum atomic E-state index is 13.2. The SMILES string of the molecule is O=C(CN1CCCN(C(=O)C2(C(=O)O)CCCCCC2)CC1)N1CCCC1. The molecule has 0 atom stereocenters. The number of carbonyl (C=O) groups is 3. The minimum atomic E-state index is -1.24. The number of likely N-dealkylation sites (tertiary alicyclic amines) is 1. The van der Waals surface area contributed by atoms with E-state index in [0.717, 1.165) is 64.6 Å². The third kappa shape index (κ3) is 4.62. The van der Waals surface area contributed by atoms with Crippen molar-refractivity contribution in [3.63, 3.8) is 0 Å². The Morgan fingerprint density at radius 1 is 0.704 bits per heavy atom. The maximum absolute atomic E-state index is 13.2. The normalized spacial score (nSPS) is 24.3. The summed E-state index contributed by atoms with van der Waals surface area (Å²) in [6.45, 7) is 4.65. The molecule has 0 aromatic heterocycles. The summed E-state index contributed by atoms with van der Waals surface area (Å²) in [7, 11) is 0. The molecule has 2 aliphatic heterocycles. The van der Waals surface area contributed by atoms with E-state index in [0.29, 0.717) is 39.0 Å². The Kier molecular flexibility index (Phi) is 6.73. The Morgan fingerprint density at radius 2 is 1.33 bits per heavy atom. The molecule has 1 N–H and O–H groups in total. The van der Waals surface area contributed by atoms with E-state index in [1.807, 2.05) is 4.90 Å². The van der Waals surface area contributed by atoms with E-state index in [4.69, 9.17) is 0 Å². The van der Waals surface area contributed by atoms with Crippen molar-refractivity contribution in [3.05, 3.63) is 0 Å². The van der Waals surface area contributed by atoms with Gasteiger partial charge >= 0.3 is 5.97 Å². The van der Waals surface area contributed by atoms with Crippen LogP contribution in [0.5, 0.6) is 0 Å². The summed E-state index contributed by atoms with van der Waals surface area (Å²) in [5, 5.41) is 9.87. The van der Waals surface area contributed by atoms with Gasteiger partial charge in [-0.25, -0.2) is 0 Å². The van der Waals surface area contributed by atoms with E-state index in [2.05, 4.69) is 4.90 Å². The van der Waals surface area contributed by atoms with Crippen LogP contribution in [0.2, 0.25) is 0 Å². The van der Waals surface area contributed by atoms with Crippen LogP contribution in [-0.4, -0.2) is 83.4 Å². The van der Waals surface area contributed by atoms with E-state index >= 15 is 0 Å². The van der Waals surface area contributed by atoms with Gasteiger partial charge in [0.2, 0.25) is 11.8 Å². The van der Waals surface area contributed by atoms with Crippen molar-refractivity contribution in [2.24, 2.45) is 5.41 Å². The second-order valence-electron chi connectivity index (χ2n) is 8.31. The van der Waals surface area contributed by atoms with Crippen molar-refractivity contribution >= 4 is 17.8 Å². The highest BCUT2D eigenvalue weighted by atomic mass is 16.4. The average molecular weight is 380 g/mol. The third-order valence-electron chi connectivity index (χ3n) is 6.47. The van der Waals surface area contributed by atoms with Gasteiger partial charge in [-0.05, 0) is 32.1 Å². The van der Waals surface area contributed by atoms with Crippen molar-refractivity contribution in [2.75, 3.05) is 45.8 Å². The number of carbonyl (C=O) groups excluding carboxylic acids is 2. The summed E-state index contributed by atoms with van der Waals surface area (Å²) in [5.41, 5.74) is -1.24. The van der Waals surface area contributed by atoms with Crippen LogP contribution in [0.15, 0.2) is 0 Å². The lowest BCUT2D eigenvalue weighted by atomic mass is 9.79. The molecule has 152 valence electrons. The molecular weight excluding hydrogens is 346 g/mol. The molecule has 27 heavy (non-hydrogen) atoms. The molecule has 0 radical (unpaired) electrons. The quantitative estimate of drug-likeness (QED) is 0.592. The molecule has 7 nitrogen and oxygen atoms in total. The zero-order chi connectivity index (χ0) is 19.3. The Bertz CT molecular complexity index is 551. The smallest absolute Gasteiger partial charge is 0.319 e. The predicted molar refractivity (Wildman–Crippen MR) is 101 cm³/mol. The van der Waals surface area contributed by atoms with Crippen LogP contribution >= 0.6 is 0 Å². The van der Waals surface area contributed by atoms with Gasteiger partial charge < -0.3 is 14.9 Å². The number of hydrogen-bond donors (Lipinski definition) is 1. The van der Waals surface area contributed by atoms with Crippen molar-refractivity contribution in [3.8, 4) is 0 Å². The largest absolute Gasteiger partial charge is 0.480 e. The number of hydrogen-bond acceptors (Lipinski definition) is 4. The molecular formula is C20H33N3O4. The Labute approximate surface area is 161 Å². The van der Waals surface area contributed by atoms with Gasteiger partial charge in [0.15, 0.2) is 0 Å². The number of amides is 2. The van der Waals surface area contributed by atoms with Crippen molar-refractivity contribution in [1.29, 1.82) is 0 Å². The van der Waals surface area contributed by atoms with Crippen molar-refractivity contribution in [2.45, 2.75) is 57.8 Å². The fourth-order valence-electron chi connectivity index (χ4n) is 4.74. The first kappa shape index (κ1) is 20.1. The van der Waals surface area contributed by atoms with Gasteiger partial charge in [-0.2, -0.15) is 0 Å². The van der Waals surface area contributed by atoms with Gasteiger partial charge in [-0.3, -0.25) is 19.3 Å². The molecule has 2 heterocycles. The standard InChI is InChI=1S/C20H33N3O4/c24-17(22-11-5-6-12-22)16-21-10-7-13-23(15-14-21)18(25)20(19(26)27)8-3-1-2-4-9-20/h1-16H2,(H,26,27). The Morgan fingerprint density at radius 3 is 1.96 bits per heavy atom. The number of carboxylic acids is 1. The van der Waals surface area contributed by atoms with Gasteiger partial charge in [-0.15, -0.1) is 0 Å². The molecule has 2 saturated heterocycles.